The van der Waals surface area contributed by atoms with E-state index in [0.717, 1.165) is 48.5 Å². The Balaban J connectivity index is 1.46. The molecule has 1 aliphatic heterocycles. The van der Waals surface area contributed by atoms with Gasteiger partial charge in [-0.15, -0.1) is 0 Å². The number of rotatable bonds is 2. The maximum Gasteiger partial charge on any atom is 0.257 e. The van der Waals surface area contributed by atoms with Gasteiger partial charge in [0, 0.05) is 31.7 Å². The summed E-state index contributed by atoms with van der Waals surface area (Å²) in [6.45, 7) is 3.45. The van der Waals surface area contributed by atoms with Gasteiger partial charge >= 0.3 is 0 Å². The van der Waals surface area contributed by atoms with Crippen molar-refractivity contribution in [1.82, 2.24) is 24.6 Å². The van der Waals surface area contributed by atoms with Gasteiger partial charge in [0.2, 0.25) is 0 Å². The quantitative estimate of drug-likeness (QED) is 0.788. The van der Waals surface area contributed by atoms with E-state index in [1.54, 1.807) is 10.9 Å². The van der Waals surface area contributed by atoms with Gasteiger partial charge in [-0.1, -0.05) is 12.1 Å². The van der Waals surface area contributed by atoms with Crippen molar-refractivity contribution in [3.8, 4) is 0 Å². The highest BCUT2D eigenvalue weighted by molar-refractivity contribution is 5.95. The average molecular weight is 323 g/mol. The van der Waals surface area contributed by atoms with Crippen LogP contribution < -0.4 is 0 Å². The van der Waals surface area contributed by atoms with Crippen LogP contribution in [0.15, 0.2) is 30.5 Å². The van der Waals surface area contributed by atoms with Crippen molar-refractivity contribution < 1.29 is 4.79 Å². The van der Waals surface area contributed by atoms with Gasteiger partial charge in [-0.2, -0.15) is 5.10 Å². The first-order valence-electron chi connectivity index (χ1n) is 8.36. The third-order valence-electron chi connectivity index (χ3n) is 5.04. The Kier molecular flexibility index (Phi) is 3.59. The lowest BCUT2D eigenvalue weighted by atomic mass is 9.95. The van der Waals surface area contributed by atoms with E-state index in [9.17, 15) is 4.79 Å². The molecule has 0 radical (unpaired) electrons. The largest absolute Gasteiger partial charge is 0.342 e. The second-order valence-electron chi connectivity index (χ2n) is 6.47. The van der Waals surface area contributed by atoms with E-state index in [4.69, 9.17) is 4.98 Å². The number of piperidine rings is 1. The van der Waals surface area contributed by atoms with Gasteiger partial charge in [0.15, 0.2) is 0 Å². The van der Waals surface area contributed by atoms with E-state index in [1.807, 2.05) is 37.1 Å². The molecule has 124 valence electrons. The van der Waals surface area contributed by atoms with Crippen molar-refractivity contribution in [2.24, 2.45) is 7.05 Å². The zero-order valence-corrected chi connectivity index (χ0v) is 14.0. The highest BCUT2D eigenvalue weighted by atomic mass is 16.2. The number of carbonyl (C=O) groups is 1. The van der Waals surface area contributed by atoms with Crippen LogP contribution in [-0.2, 0) is 7.05 Å². The fourth-order valence-electron chi connectivity index (χ4n) is 3.40. The predicted molar refractivity (Wildman–Crippen MR) is 91.9 cm³/mol. The summed E-state index contributed by atoms with van der Waals surface area (Å²) in [5.74, 6) is 1.51. The topological polar surface area (TPSA) is 66.8 Å². The van der Waals surface area contributed by atoms with Crippen LogP contribution in [0.3, 0.4) is 0 Å². The maximum absolute atomic E-state index is 12.7. The number of nitrogens with one attached hydrogen (secondary N) is 1. The molecule has 1 amide bonds. The van der Waals surface area contributed by atoms with Gasteiger partial charge in [0.1, 0.15) is 5.82 Å². The fourth-order valence-corrected chi connectivity index (χ4v) is 3.40. The number of imidazole rings is 1. The van der Waals surface area contributed by atoms with Crippen LogP contribution in [-0.4, -0.2) is 43.6 Å². The lowest BCUT2D eigenvalue weighted by Crippen LogP contribution is -2.38. The van der Waals surface area contributed by atoms with Crippen LogP contribution in [0.4, 0.5) is 0 Å². The molecule has 4 rings (SSSR count). The Morgan fingerprint density at radius 1 is 1.25 bits per heavy atom. The molecule has 0 unspecified atom stereocenters. The summed E-state index contributed by atoms with van der Waals surface area (Å²) in [6.07, 6.45) is 3.54. The SMILES string of the molecule is Cc1c(C(=O)N2CCC(c3nc4ccccc4[nH]3)CC2)cnn1C. The predicted octanol–water partition coefficient (Wildman–Crippen LogP) is 2.62. The summed E-state index contributed by atoms with van der Waals surface area (Å²) in [6, 6.07) is 8.10. The van der Waals surface area contributed by atoms with Gasteiger partial charge in [0.25, 0.3) is 5.91 Å². The highest BCUT2D eigenvalue weighted by Gasteiger charge is 2.27. The van der Waals surface area contributed by atoms with Gasteiger partial charge in [0.05, 0.1) is 22.8 Å². The molecule has 24 heavy (non-hydrogen) atoms. The molecule has 6 heteroatoms. The molecule has 3 heterocycles. The molecule has 1 N–H and O–H groups in total. The number of fused-ring (bicyclic) bond motifs is 1. The van der Waals surface area contributed by atoms with Crippen LogP contribution in [0.25, 0.3) is 11.0 Å². The van der Waals surface area contributed by atoms with Crippen molar-refractivity contribution in [2.45, 2.75) is 25.7 Å². The normalized spacial score (nSPS) is 16.0. The van der Waals surface area contributed by atoms with Crippen molar-refractivity contribution >= 4 is 16.9 Å². The van der Waals surface area contributed by atoms with Crippen molar-refractivity contribution in [3.63, 3.8) is 0 Å². The number of aromatic nitrogens is 4. The van der Waals surface area contributed by atoms with Crippen LogP contribution in [0.1, 0.15) is 40.6 Å². The van der Waals surface area contributed by atoms with E-state index in [2.05, 4.69) is 16.1 Å². The molecule has 1 aromatic carbocycles. The lowest BCUT2D eigenvalue weighted by Gasteiger charge is -2.31. The molecule has 2 aromatic heterocycles. The fraction of sp³-hybridized carbons (Fsp3) is 0.389. The van der Waals surface area contributed by atoms with E-state index in [1.165, 1.54) is 0 Å². The standard InChI is InChI=1S/C18H21N5O/c1-12-14(11-19-22(12)2)18(24)23-9-7-13(8-10-23)17-20-15-5-3-4-6-16(15)21-17/h3-6,11,13H,7-10H2,1-2H3,(H,20,21). The molecule has 0 saturated carbocycles. The number of para-hydroxylation sites is 2. The minimum atomic E-state index is 0.0867. The van der Waals surface area contributed by atoms with Crippen LogP contribution in [0.5, 0.6) is 0 Å². The van der Waals surface area contributed by atoms with Crippen LogP contribution >= 0.6 is 0 Å². The van der Waals surface area contributed by atoms with E-state index < -0.39 is 0 Å². The summed E-state index contributed by atoms with van der Waals surface area (Å²) >= 11 is 0. The Bertz CT molecular complexity index is 853. The van der Waals surface area contributed by atoms with Crippen LogP contribution in [0, 0.1) is 6.92 Å². The number of amides is 1. The molecule has 0 aliphatic carbocycles. The van der Waals surface area contributed by atoms with Gasteiger partial charge in [-0.3, -0.25) is 9.48 Å². The van der Waals surface area contributed by atoms with Gasteiger partial charge in [-0.05, 0) is 31.9 Å². The van der Waals surface area contributed by atoms with Crippen LogP contribution in [0.2, 0.25) is 0 Å². The summed E-state index contributed by atoms with van der Waals surface area (Å²) in [5.41, 5.74) is 3.72. The molecule has 1 saturated heterocycles. The van der Waals surface area contributed by atoms with Gasteiger partial charge in [-0.25, -0.2) is 4.98 Å². The second kappa shape index (κ2) is 5.78. The number of aryl methyl sites for hydroxylation is 1. The number of nitrogens with zero attached hydrogens (tertiary/aromatic N) is 4. The van der Waals surface area contributed by atoms with Crippen molar-refractivity contribution in [2.75, 3.05) is 13.1 Å². The smallest absolute Gasteiger partial charge is 0.257 e. The van der Waals surface area contributed by atoms with E-state index >= 15 is 0 Å². The number of hydrogen-bond acceptors (Lipinski definition) is 3. The van der Waals surface area contributed by atoms with E-state index in [0.29, 0.717) is 11.5 Å². The number of hydrogen-bond donors (Lipinski definition) is 1. The zero-order valence-electron chi connectivity index (χ0n) is 14.0. The third-order valence-corrected chi connectivity index (χ3v) is 5.04. The lowest BCUT2D eigenvalue weighted by molar-refractivity contribution is 0.0710. The average Bonchev–Trinajstić information content (AvgIpc) is 3.19. The number of H-pyrrole nitrogens is 1. The molecule has 0 atom stereocenters. The second-order valence-corrected chi connectivity index (χ2v) is 6.47. The maximum atomic E-state index is 12.7. The Morgan fingerprint density at radius 3 is 2.67 bits per heavy atom. The van der Waals surface area contributed by atoms with Crippen molar-refractivity contribution in [1.29, 1.82) is 0 Å². The minimum absolute atomic E-state index is 0.0867. The molecule has 3 aromatic rings. The first-order valence-corrected chi connectivity index (χ1v) is 8.36. The molecular formula is C18H21N5O. The first kappa shape index (κ1) is 14.9. The molecule has 1 fully saturated rings. The summed E-state index contributed by atoms with van der Waals surface area (Å²) < 4.78 is 1.74. The monoisotopic (exact) mass is 323 g/mol. The molecule has 0 spiro atoms. The van der Waals surface area contributed by atoms with E-state index in [-0.39, 0.29) is 5.91 Å². The number of carbonyl (C=O) groups excluding carboxylic acids is 1. The zero-order chi connectivity index (χ0) is 16.7. The summed E-state index contributed by atoms with van der Waals surface area (Å²) in [7, 11) is 1.86. The van der Waals surface area contributed by atoms with Crippen molar-refractivity contribution in [3.05, 3.63) is 47.5 Å². The molecule has 0 bridgehead atoms. The number of benzene rings is 1. The Labute approximate surface area is 140 Å². The summed E-state index contributed by atoms with van der Waals surface area (Å²) in [4.78, 5) is 22.7. The highest BCUT2D eigenvalue weighted by Crippen LogP contribution is 2.28. The number of likely N-dealkylation sites (tertiary alicyclic amines) is 1. The minimum Gasteiger partial charge on any atom is -0.342 e. The summed E-state index contributed by atoms with van der Waals surface area (Å²) in [5, 5.41) is 4.17. The molecule has 6 nitrogen and oxygen atoms in total. The third kappa shape index (κ3) is 2.48. The molecular weight excluding hydrogens is 302 g/mol. The Hall–Kier alpha value is -2.63. The first-order chi connectivity index (χ1) is 11.6. The molecule has 1 aliphatic rings. The van der Waals surface area contributed by atoms with Gasteiger partial charge < -0.3 is 9.88 Å². The number of aromatic amines is 1. The Morgan fingerprint density at radius 2 is 2.00 bits per heavy atom.